The Morgan fingerprint density at radius 3 is 2.68 bits per heavy atom. The molecule has 0 aliphatic rings. The maximum absolute atomic E-state index is 12.7. The van der Waals surface area contributed by atoms with E-state index in [4.69, 9.17) is 16.3 Å². The van der Waals surface area contributed by atoms with Gasteiger partial charge in [-0.15, -0.1) is 0 Å². The third kappa shape index (κ3) is 3.73. The van der Waals surface area contributed by atoms with E-state index >= 15 is 0 Å². The lowest BCUT2D eigenvalue weighted by Crippen LogP contribution is -2.14. The molecular formula is C17H17ClN2O3S2. The minimum Gasteiger partial charge on any atom is -0.494 e. The van der Waals surface area contributed by atoms with Crippen molar-refractivity contribution in [3.8, 4) is 5.75 Å². The molecule has 25 heavy (non-hydrogen) atoms. The molecule has 1 heterocycles. The smallest absolute Gasteiger partial charge is 0.263 e. The molecule has 0 aliphatic carbocycles. The van der Waals surface area contributed by atoms with Gasteiger partial charge in [0.05, 0.1) is 21.7 Å². The van der Waals surface area contributed by atoms with E-state index in [2.05, 4.69) is 9.71 Å². The van der Waals surface area contributed by atoms with Gasteiger partial charge < -0.3 is 4.74 Å². The first-order valence-corrected chi connectivity index (χ1v) is 10.3. The number of sulfonamides is 1. The second-order valence-corrected chi connectivity index (χ2v) is 8.64. The summed E-state index contributed by atoms with van der Waals surface area (Å²) in [6.07, 6.45) is 0. The summed E-state index contributed by atoms with van der Waals surface area (Å²) in [5.41, 5.74) is 2.01. The average Bonchev–Trinajstić information content (AvgIpc) is 2.91. The number of nitrogens with one attached hydrogen (secondary N) is 1. The molecule has 0 bridgehead atoms. The molecule has 2 aromatic carbocycles. The first-order chi connectivity index (χ1) is 11.8. The number of fused-ring (bicyclic) bond motifs is 1. The Morgan fingerprint density at radius 1 is 1.20 bits per heavy atom. The van der Waals surface area contributed by atoms with E-state index in [0.717, 1.165) is 16.0 Å². The monoisotopic (exact) mass is 396 g/mol. The van der Waals surface area contributed by atoms with Crippen molar-refractivity contribution in [3.63, 3.8) is 0 Å². The molecular weight excluding hydrogens is 380 g/mol. The molecule has 0 radical (unpaired) electrons. The van der Waals surface area contributed by atoms with Crippen molar-refractivity contribution >= 4 is 48.3 Å². The maximum Gasteiger partial charge on any atom is 0.263 e. The van der Waals surface area contributed by atoms with Crippen LogP contribution in [-0.2, 0) is 10.0 Å². The first-order valence-electron chi connectivity index (χ1n) is 7.63. The van der Waals surface area contributed by atoms with Gasteiger partial charge >= 0.3 is 0 Å². The Balaban J connectivity index is 1.95. The van der Waals surface area contributed by atoms with E-state index in [1.807, 2.05) is 25.1 Å². The fraction of sp³-hybridized carbons (Fsp3) is 0.235. The Hall–Kier alpha value is -1.83. The summed E-state index contributed by atoms with van der Waals surface area (Å²) in [6, 6.07) is 8.70. The van der Waals surface area contributed by atoms with Crippen LogP contribution in [-0.4, -0.2) is 20.0 Å². The number of hydrogen-bond donors (Lipinski definition) is 1. The number of hydrogen-bond acceptors (Lipinski definition) is 5. The summed E-state index contributed by atoms with van der Waals surface area (Å²) in [5.74, 6) is 0.734. The SMILES string of the molecule is CCOc1ccc2nc(NS(=O)(=O)c3cc(C)c(Cl)cc3C)sc2c1. The van der Waals surface area contributed by atoms with Gasteiger partial charge in [-0.2, -0.15) is 0 Å². The normalized spacial score (nSPS) is 11.7. The van der Waals surface area contributed by atoms with Gasteiger partial charge in [0.1, 0.15) is 5.75 Å². The van der Waals surface area contributed by atoms with Crippen LogP contribution in [0.1, 0.15) is 18.1 Å². The van der Waals surface area contributed by atoms with Crippen LogP contribution in [0.5, 0.6) is 5.75 Å². The van der Waals surface area contributed by atoms with Gasteiger partial charge in [-0.1, -0.05) is 22.9 Å². The largest absolute Gasteiger partial charge is 0.494 e. The highest BCUT2D eigenvalue weighted by Gasteiger charge is 2.20. The summed E-state index contributed by atoms with van der Waals surface area (Å²) in [4.78, 5) is 4.54. The fourth-order valence-electron chi connectivity index (χ4n) is 2.42. The van der Waals surface area contributed by atoms with Gasteiger partial charge in [-0.05, 0) is 62.2 Å². The Bertz CT molecular complexity index is 1050. The van der Waals surface area contributed by atoms with Crippen molar-refractivity contribution < 1.29 is 13.2 Å². The number of anilines is 1. The molecule has 0 aliphatic heterocycles. The summed E-state index contributed by atoms with van der Waals surface area (Å²) >= 11 is 7.32. The van der Waals surface area contributed by atoms with Gasteiger partial charge in [0.2, 0.25) is 0 Å². The molecule has 3 aromatic rings. The number of nitrogens with zero attached hydrogens (tertiary/aromatic N) is 1. The molecule has 132 valence electrons. The number of aromatic nitrogens is 1. The first kappa shape index (κ1) is 18.0. The lowest BCUT2D eigenvalue weighted by Gasteiger charge is -2.10. The number of ether oxygens (including phenoxy) is 1. The topological polar surface area (TPSA) is 68.3 Å². The number of benzene rings is 2. The third-order valence-corrected chi connectivity index (χ3v) is 6.59. The molecule has 0 amide bonds. The Labute approximate surface area is 155 Å². The molecule has 0 saturated heterocycles. The van der Waals surface area contributed by atoms with Crippen molar-refractivity contribution in [1.29, 1.82) is 0 Å². The van der Waals surface area contributed by atoms with Crippen molar-refractivity contribution in [2.45, 2.75) is 25.7 Å². The minimum atomic E-state index is -3.74. The van der Waals surface area contributed by atoms with Crippen molar-refractivity contribution in [2.75, 3.05) is 11.3 Å². The molecule has 0 fully saturated rings. The van der Waals surface area contributed by atoms with Crippen molar-refractivity contribution in [3.05, 3.63) is 46.5 Å². The lowest BCUT2D eigenvalue weighted by molar-refractivity contribution is 0.341. The summed E-state index contributed by atoms with van der Waals surface area (Å²) in [5, 5.41) is 0.857. The number of aryl methyl sites for hydroxylation is 2. The molecule has 1 aromatic heterocycles. The van der Waals surface area contributed by atoms with E-state index in [9.17, 15) is 8.42 Å². The van der Waals surface area contributed by atoms with Crippen LogP contribution in [0.3, 0.4) is 0 Å². The molecule has 1 N–H and O–H groups in total. The maximum atomic E-state index is 12.7. The standard InChI is InChI=1S/C17H17ClN2O3S2/c1-4-23-12-5-6-14-15(9-12)24-17(19-14)20-25(21,22)16-8-10(2)13(18)7-11(16)3/h5-9H,4H2,1-3H3,(H,19,20). The zero-order valence-electron chi connectivity index (χ0n) is 14.0. The van der Waals surface area contributed by atoms with Crippen molar-refractivity contribution in [1.82, 2.24) is 4.98 Å². The van der Waals surface area contributed by atoms with Gasteiger partial charge in [0.15, 0.2) is 5.13 Å². The predicted molar refractivity (Wildman–Crippen MR) is 103 cm³/mol. The summed E-state index contributed by atoms with van der Waals surface area (Å²) in [7, 11) is -3.74. The molecule has 3 rings (SSSR count). The highest BCUT2D eigenvalue weighted by atomic mass is 35.5. The fourth-order valence-corrected chi connectivity index (χ4v) is 5.08. The van der Waals surface area contributed by atoms with Crippen LogP contribution in [0.4, 0.5) is 5.13 Å². The van der Waals surface area contributed by atoms with Gasteiger partial charge in [0, 0.05) is 5.02 Å². The average molecular weight is 397 g/mol. The second kappa shape index (κ2) is 6.82. The van der Waals surface area contributed by atoms with Crippen LogP contribution in [0, 0.1) is 13.8 Å². The zero-order chi connectivity index (χ0) is 18.2. The number of thiazole rings is 1. The number of halogens is 1. The number of rotatable bonds is 5. The molecule has 0 unspecified atom stereocenters. The Morgan fingerprint density at radius 2 is 1.96 bits per heavy atom. The quantitative estimate of drug-likeness (QED) is 0.674. The van der Waals surface area contributed by atoms with Crippen molar-refractivity contribution in [2.24, 2.45) is 0 Å². The van der Waals surface area contributed by atoms with Crippen LogP contribution >= 0.6 is 22.9 Å². The molecule has 0 atom stereocenters. The van der Waals surface area contributed by atoms with Crippen LogP contribution in [0.2, 0.25) is 5.02 Å². The van der Waals surface area contributed by atoms with E-state index in [-0.39, 0.29) is 4.90 Å². The summed E-state index contributed by atoms with van der Waals surface area (Å²) < 4.78 is 34.3. The minimum absolute atomic E-state index is 0.198. The van der Waals surface area contributed by atoms with Crippen LogP contribution in [0.15, 0.2) is 35.2 Å². The van der Waals surface area contributed by atoms with E-state index in [0.29, 0.717) is 27.9 Å². The summed E-state index contributed by atoms with van der Waals surface area (Å²) in [6.45, 7) is 5.96. The molecule has 0 spiro atoms. The lowest BCUT2D eigenvalue weighted by atomic mass is 10.2. The van der Waals surface area contributed by atoms with Crippen LogP contribution in [0.25, 0.3) is 10.2 Å². The third-order valence-electron chi connectivity index (χ3n) is 3.64. The van der Waals surface area contributed by atoms with Gasteiger partial charge in [-0.3, -0.25) is 4.72 Å². The van der Waals surface area contributed by atoms with Crippen LogP contribution < -0.4 is 9.46 Å². The molecule has 8 heteroatoms. The van der Waals surface area contributed by atoms with Gasteiger partial charge in [-0.25, -0.2) is 13.4 Å². The van der Waals surface area contributed by atoms with E-state index in [1.165, 1.54) is 11.3 Å². The van der Waals surface area contributed by atoms with E-state index in [1.54, 1.807) is 26.0 Å². The van der Waals surface area contributed by atoms with Gasteiger partial charge in [0.25, 0.3) is 10.0 Å². The zero-order valence-corrected chi connectivity index (χ0v) is 16.3. The van der Waals surface area contributed by atoms with E-state index < -0.39 is 10.0 Å². The second-order valence-electron chi connectivity index (χ2n) is 5.55. The molecule has 0 saturated carbocycles. The highest BCUT2D eigenvalue weighted by molar-refractivity contribution is 7.93. The predicted octanol–water partition coefficient (Wildman–Crippen LogP) is 4.77. The molecule has 5 nitrogen and oxygen atoms in total. The Kier molecular flexibility index (Phi) is 4.90. The highest BCUT2D eigenvalue weighted by Crippen LogP contribution is 2.31.